The molecule has 0 aliphatic heterocycles. The van der Waals surface area contributed by atoms with Crippen LogP contribution < -0.4 is 4.72 Å². The van der Waals surface area contributed by atoms with Gasteiger partial charge in [-0.2, -0.15) is 0 Å². The summed E-state index contributed by atoms with van der Waals surface area (Å²) in [5, 5.41) is 10.9. The van der Waals surface area contributed by atoms with Crippen molar-refractivity contribution in [3.05, 3.63) is 33.4 Å². The van der Waals surface area contributed by atoms with Gasteiger partial charge in [-0.1, -0.05) is 6.92 Å². The number of nitrogens with zero attached hydrogens (tertiary/aromatic N) is 1. The van der Waals surface area contributed by atoms with Crippen molar-refractivity contribution in [3.63, 3.8) is 0 Å². The predicted octanol–water partition coefficient (Wildman–Crippen LogP) is 2.29. The summed E-state index contributed by atoms with van der Waals surface area (Å²) in [6.07, 6.45) is 0.645. The van der Waals surface area contributed by atoms with Gasteiger partial charge in [0, 0.05) is 17.7 Å². The van der Waals surface area contributed by atoms with Crippen LogP contribution >= 0.6 is 0 Å². The molecular weight excluding hydrogens is 268 g/mol. The quantitative estimate of drug-likeness (QED) is 0.664. The largest absolute Gasteiger partial charge is 0.273 e. The van der Waals surface area contributed by atoms with Crippen molar-refractivity contribution >= 4 is 15.7 Å². The molecule has 0 amide bonds. The maximum Gasteiger partial charge on any atom is 0.273 e. The summed E-state index contributed by atoms with van der Waals surface area (Å²) in [7, 11) is -3.72. The molecule has 106 valence electrons. The molecule has 19 heavy (non-hydrogen) atoms. The molecule has 0 bridgehead atoms. The third kappa shape index (κ3) is 3.51. The molecule has 0 aliphatic rings. The molecule has 0 heterocycles. The second kappa shape index (κ2) is 5.66. The van der Waals surface area contributed by atoms with E-state index in [1.54, 1.807) is 20.8 Å². The van der Waals surface area contributed by atoms with Crippen molar-refractivity contribution in [2.75, 3.05) is 0 Å². The summed E-state index contributed by atoms with van der Waals surface area (Å²) in [6, 6.07) is 2.34. The highest BCUT2D eigenvalue weighted by molar-refractivity contribution is 7.89. The number of hydrogen-bond donors (Lipinski definition) is 1. The van der Waals surface area contributed by atoms with Crippen LogP contribution in [0.1, 0.15) is 31.4 Å². The van der Waals surface area contributed by atoms with Crippen LogP contribution in [0.3, 0.4) is 0 Å². The van der Waals surface area contributed by atoms with Crippen molar-refractivity contribution in [3.8, 4) is 0 Å². The first kappa shape index (κ1) is 15.6. The van der Waals surface area contributed by atoms with Gasteiger partial charge in [-0.15, -0.1) is 0 Å². The number of nitrogens with one attached hydrogen (secondary N) is 1. The van der Waals surface area contributed by atoms with Gasteiger partial charge in [0.15, 0.2) is 0 Å². The lowest BCUT2D eigenvalue weighted by Gasteiger charge is -2.13. The molecule has 1 rings (SSSR count). The average molecular weight is 286 g/mol. The molecule has 0 spiro atoms. The molecule has 1 atom stereocenters. The Labute approximate surface area is 113 Å². The number of nitro benzene ring substituents is 1. The Kier molecular flexibility index (Phi) is 4.65. The first-order valence-corrected chi connectivity index (χ1v) is 7.45. The van der Waals surface area contributed by atoms with Crippen LogP contribution in [-0.4, -0.2) is 19.4 Å². The Morgan fingerprint density at radius 1 is 1.37 bits per heavy atom. The summed E-state index contributed by atoms with van der Waals surface area (Å²) in [5.41, 5.74) is 0.885. The van der Waals surface area contributed by atoms with Crippen LogP contribution in [-0.2, 0) is 10.0 Å². The lowest BCUT2D eigenvalue weighted by molar-refractivity contribution is -0.385. The van der Waals surface area contributed by atoms with E-state index < -0.39 is 14.9 Å². The Morgan fingerprint density at radius 3 is 2.42 bits per heavy atom. The fraction of sp³-hybridized carbons (Fsp3) is 0.500. The molecule has 6 nitrogen and oxygen atoms in total. The van der Waals surface area contributed by atoms with Gasteiger partial charge in [0.25, 0.3) is 5.69 Å². The molecule has 0 aliphatic carbocycles. The normalized spacial score (nSPS) is 13.3. The van der Waals surface area contributed by atoms with Crippen molar-refractivity contribution in [2.24, 2.45) is 0 Å². The fourth-order valence-electron chi connectivity index (χ4n) is 1.57. The third-order valence-electron chi connectivity index (χ3n) is 3.09. The zero-order valence-electron chi connectivity index (χ0n) is 11.4. The van der Waals surface area contributed by atoms with E-state index in [-0.39, 0.29) is 16.6 Å². The highest BCUT2D eigenvalue weighted by atomic mass is 32.2. The highest BCUT2D eigenvalue weighted by Gasteiger charge is 2.22. The fourth-order valence-corrected chi connectivity index (χ4v) is 3.00. The first-order chi connectivity index (χ1) is 8.69. The second-order valence-corrected chi connectivity index (χ2v) is 6.29. The van der Waals surface area contributed by atoms with Gasteiger partial charge in [0.1, 0.15) is 0 Å². The molecule has 7 heteroatoms. The van der Waals surface area contributed by atoms with Gasteiger partial charge in [0.05, 0.1) is 9.82 Å². The van der Waals surface area contributed by atoms with Gasteiger partial charge in [-0.25, -0.2) is 13.1 Å². The smallest absolute Gasteiger partial charge is 0.258 e. The lowest BCUT2D eigenvalue weighted by atomic mass is 10.1. The molecule has 1 aromatic rings. The number of rotatable bonds is 5. The van der Waals surface area contributed by atoms with Gasteiger partial charge in [-0.05, 0) is 38.8 Å². The van der Waals surface area contributed by atoms with E-state index in [4.69, 9.17) is 0 Å². The van der Waals surface area contributed by atoms with Crippen LogP contribution in [0.25, 0.3) is 0 Å². The Hall–Kier alpha value is -1.47. The molecule has 0 saturated carbocycles. The highest BCUT2D eigenvalue weighted by Crippen LogP contribution is 2.25. The standard InChI is InChI=1S/C12H18N2O4S/c1-5-9(3)13-19(17,18)11-6-8(2)10(4)12(7-11)14(15)16/h6-7,9,13H,5H2,1-4H3. The van der Waals surface area contributed by atoms with Crippen molar-refractivity contribution in [1.82, 2.24) is 4.72 Å². The molecule has 0 aromatic heterocycles. The zero-order chi connectivity index (χ0) is 14.8. The lowest BCUT2D eigenvalue weighted by Crippen LogP contribution is -2.32. The molecular formula is C12H18N2O4S. The van der Waals surface area contributed by atoms with Crippen molar-refractivity contribution < 1.29 is 13.3 Å². The Balaban J connectivity index is 3.32. The van der Waals surface area contributed by atoms with E-state index in [1.165, 1.54) is 6.07 Å². The first-order valence-electron chi connectivity index (χ1n) is 5.97. The third-order valence-corrected chi connectivity index (χ3v) is 4.66. The topological polar surface area (TPSA) is 89.3 Å². The van der Waals surface area contributed by atoms with Crippen LogP contribution in [0.15, 0.2) is 17.0 Å². The SMILES string of the molecule is CCC(C)NS(=O)(=O)c1cc(C)c(C)c([N+](=O)[O-])c1. The number of sulfonamides is 1. The Morgan fingerprint density at radius 2 is 1.95 bits per heavy atom. The molecule has 1 N–H and O–H groups in total. The van der Waals surface area contributed by atoms with Gasteiger partial charge >= 0.3 is 0 Å². The number of benzene rings is 1. The van der Waals surface area contributed by atoms with E-state index in [2.05, 4.69) is 4.72 Å². The summed E-state index contributed by atoms with van der Waals surface area (Å²) in [6.45, 7) is 6.86. The van der Waals surface area contributed by atoms with Gasteiger partial charge < -0.3 is 0 Å². The van der Waals surface area contributed by atoms with E-state index in [0.717, 1.165) is 6.07 Å². The maximum absolute atomic E-state index is 12.1. The van der Waals surface area contributed by atoms with Crippen LogP contribution in [0.2, 0.25) is 0 Å². The van der Waals surface area contributed by atoms with E-state index in [9.17, 15) is 18.5 Å². The van der Waals surface area contributed by atoms with Gasteiger partial charge in [-0.3, -0.25) is 10.1 Å². The summed E-state index contributed by atoms with van der Waals surface area (Å²) >= 11 is 0. The van der Waals surface area contributed by atoms with Crippen LogP contribution in [0, 0.1) is 24.0 Å². The monoisotopic (exact) mass is 286 g/mol. The molecule has 0 saturated heterocycles. The maximum atomic E-state index is 12.1. The minimum absolute atomic E-state index is 0.0670. The van der Waals surface area contributed by atoms with E-state index in [0.29, 0.717) is 17.5 Å². The zero-order valence-corrected chi connectivity index (χ0v) is 12.2. The molecule has 0 fully saturated rings. The Bertz CT molecular complexity index is 596. The molecule has 0 radical (unpaired) electrons. The second-order valence-electron chi connectivity index (χ2n) is 4.57. The average Bonchev–Trinajstić information content (AvgIpc) is 2.31. The summed E-state index contributed by atoms with van der Waals surface area (Å²) < 4.78 is 26.7. The molecule has 1 aromatic carbocycles. The van der Waals surface area contributed by atoms with Crippen LogP contribution in [0.4, 0.5) is 5.69 Å². The van der Waals surface area contributed by atoms with Gasteiger partial charge in [0.2, 0.25) is 10.0 Å². The van der Waals surface area contributed by atoms with Crippen molar-refractivity contribution in [2.45, 2.75) is 45.1 Å². The van der Waals surface area contributed by atoms with E-state index in [1.807, 2.05) is 6.92 Å². The summed E-state index contributed by atoms with van der Waals surface area (Å²) in [5.74, 6) is 0. The van der Waals surface area contributed by atoms with Crippen molar-refractivity contribution in [1.29, 1.82) is 0 Å². The van der Waals surface area contributed by atoms with Crippen LogP contribution in [0.5, 0.6) is 0 Å². The minimum Gasteiger partial charge on any atom is -0.258 e. The number of nitro groups is 1. The minimum atomic E-state index is -3.72. The predicted molar refractivity (Wildman–Crippen MR) is 72.6 cm³/mol. The number of aryl methyl sites for hydroxylation is 1. The molecule has 1 unspecified atom stereocenters. The summed E-state index contributed by atoms with van der Waals surface area (Å²) in [4.78, 5) is 10.3. The number of hydrogen-bond acceptors (Lipinski definition) is 4. The van der Waals surface area contributed by atoms with E-state index >= 15 is 0 Å².